The molecule has 0 bridgehead atoms. The van der Waals surface area contributed by atoms with Crippen molar-refractivity contribution in [2.24, 2.45) is 0 Å². The summed E-state index contributed by atoms with van der Waals surface area (Å²) in [6, 6.07) is 6.71. The Labute approximate surface area is 255 Å². The summed E-state index contributed by atoms with van der Waals surface area (Å²) in [7, 11) is 0. The van der Waals surface area contributed by atoms with Crippen molar-refractivity contribution in [1.82, 2.24) is 20.1 Å². The number of unbranched alkanes of at least 4 members (excludes halogenated alkanes) is 2. The SMILES string of the molecule is CCCCCn1c(COc2ccccc2C)nnc1S[C@H]1O[C@@H](COC(C)=O)[C@@H](OC(C)=O)[C@@H](OC(C)=O)[C@@H]1NC(C)=O. The monoisotopic (exact) mass is 620 g/mol. The van der Waals surface area contributed by atoms with Gasteiger partial charge in [0.1, 0.15) is 36.5 Å². The second kappa shape index (κ2) is 16.3. The molecule has 236 valence electrons. The number of carbonyl (C=O) groups excluding carboxylic acids is 4. The minimum Gasteiger partial charge on any atom is -0.485 e. The van der Waals surface area contributed by atoms with Crippen LogP contribution in [-0.2, 0) is 51.3 Å². The van der Waals surface area contributed by atoms with Crippen LogP contribution in [0, 0.1) is 6.92 Å². The Morgan fingerprint density at radius 3 is 2.30 bits per heavy atom. The lowest BCUT2D eigenvalue weighted by Gasteiger charge is -2.44. The number of ether oxygens (including phenoxy) is 5. The first-order valence-electron chi connectivity index (χ1n) is 14.2. The molecule has 1 aliphatic rings. The summed E-state index contributed by atoms with van der Waals surface area (Å²) in [4.78, 5) is 48.2. The van der Waals surface area contributed by atoms with Gasteiger partial charge in [-0.1, -0.05) is 49.7 Å². The van der Waals surface area contributed by atoms with Crippen LogP contribution in [0.2, 0.25) is 0 Å². The van der Waals surface area contributed by atoms with Crippen LogP contribution in [0.3, 0.4) is 0 Å². The fourth-order valence-electron chi connectivity index (χ4n) is 4.61. The molecule has 1 N–H and O–H groups in total. The molecule has 14 heteroatoms. The van der Waals surface area contributed by atoms with Crippen LogP contribution in [-0.4, -0.2) is 75.0 Å². The molecular formula is C29H40N4O9S. The zero-order chi connectivity index (χ0) is 31.5. The molecule has 1 aromatic carbocycles. The number of amides is 1. The maximum absolute atomic E-state index is 12.3. The third-order valence-corrected chi connectivity index (χ3v) is 7.67. The Morgan fingerprint density at radius 2 is 1.67 bits per heavy atom. The van der Waals surface area contributed by atoms with Crippen molar-refractivity contribution in [1.29, 1.82) is 0 Å². The van der Waals surface area contributed by atoms with Crippen LogP contribution in [0.15, 0.2) is 29.4 Å². The third kappa shape index (κ3) is 9.95. The number of hydrogen-bond donors (Lipinski definition) is 1. The molecule has 2 heterocycles. The number of nitrogens with zero attached hydrogens (tertiary/aromatic N) is 3. The van der Waals surface area contributed by atoms with E-state index in [1.807, 2.05) is 35.8 Å². The summed E-state index contributed by atoms with van der Waals surface area (Å²) in [5, 5.41) is 12.1. The molecule has 0 radical (unpaired) electrons. The average molecular weight is 621 g/mol. The number of aryl methyl sites for hydroxylation is 1. The van der Waals surface area contributed by atoms with Gasteiger partial charge in [-0.2, -0.15) is 0 Å². The minimum absolute atomic E-state index is 0.171. The van der Waals surface area contributed by atoms with Gasteiger partial charge in [-0.25, -0.2) is 0 Å². The average Bonchev–Trinajstić information content (AvgIpc) is 3.30. The Bertz CT molecular complexity index is 1270. The standard InChI is InChI=1S/C29H40N4O9S/c1-7-8-11-14-33-24(16-39-22-13-10-9-12-17(22)2)31-32-29(33)43-28-25(30-18(3)34)27(41-21(6)37)26(40-20(5)36)23(42-28)15-38-19(4)35/h9-10,12-13,23,25-28H,7-8,11,14-16H2,1-6H3,(H,30,34)/t23-,25-,26+,27-,28+/m0/s1. The van der Waals surface area contributed by atoms with Gasteiger partial charge in [-0.15, -0.1) is 10.2 Å². The molecule has 1 fully saturated rings. The second-order valence-corrected chi connectivity index (χ2v) is 11.2. The Hall–Kier alpha value is -3.65. The number of nitrogens with one attached hydrogen (secondary N) is 1. The first-order valence-corrected chi connectivity index (χ1v) is 15.1. The van der Waals surface area contributed by atoms with Crippen molar-refractivity contribution in [2.45, 2.75) is 109 Å². The van der Waals surface area contributed by atoms with Crippen LogP contribution < -0.4 is 10.1 Å². The van der Waals surface area contributed by atoms with Gasteiger partial charge in [0.05, 0.1) is 0 Å². The molecule has 0 saturated carbocycles. The van der Waals surface area contributed by atoms with E-state index in [0.717, 1.165) is 42.3 Å². The molecule has 0 unspecified atom stereocenters. The summed E-state index contributed by atoms with van der Waals surface area (Å²) in [6.45, 7) is 9.51. The van der Waals surface area contributed by atoms with Crippen molar-refractivity contribution >= 4 is 35.6 Å². The van der Waals surface area contributed by atoms with Gasteiger partial charge in [0, 0.05) is 34.2 Å². The number of esters is 3. The van der Waals surface area contributed by atoms with Crippen molar-refractivity contribution in [3.8, 4) is 5.75 Å². The summed E-state index contributed by atoms with van der Waals surface area (Å²) < 4.78 is 30.6. The summed E-state index contributed by atoms with van der Waals surface area (Å²) in [5.74, 6) is -0.993. The maximum Gasteiger partial charge on any atom is 0.303 e. The minimum atomic E-state index is -1.17. The predicted octanol–water partition coefficient (Wildman–Crippen LogP) is 3.10. The highest BCUT2D eigenvalue weighted by Gasteiger charge is 2.51. The van der Waals surface area contributed by atoms with Crippen molar-refractivity contribution in [2.75, 3.05) is 6.61 Å². The molecule has 2 aromatic rings. The second-order valence-electron chi connectivity index (χ2n) is 10.1. The lowest BCUT2D eigenvalue weighted by atomic mass is 9.97. The van der Waals surface area contributed by atoms with E-state index in [1.165, 1.54) is 27.7 Å². The van der Waals surface area contributed by atoms with Crippen molar-refractivity contribution < 1.29 is 42.9 Å². The summed E-state index contributed by atoms with van der Waals surface area (Å²) >= 11 is 1.16. The summed E-state index contributed by atoms with van der Waals surface area (Å²) in [5.41, 5.74) is 0.0837. The van der Waals surface area contributed by atoms with E-state index in [9.17, 15) is 19.2 Å². The predicted molar refractivity (Wildman–Crippen MR) is 155 cm³/mol. The number of rotatable bonds is 14. The molecule has 5 atom stereocenters. The Balaban J connectivity index is 1.98. The van der Waals surface area contributed by atoms with Crippen LogP contribution >= 0.6 is 11.8 Å². The highest BCUT2D eigenvalue weighted by atomic mass is 32.2. The molecule has 13 nitrogen and oxygen atoms in total. The summed E-state index contributed by atoms with van der Waals surface area (Å²) in [6.07, 6.45) is -0.486. The third-order valence-electron chi connectivity index (χ3n) is 6.52. The quantitative estimate of drug-likeness (QED) is 0.187. The first-order chi connectivity index (χ1) is 20.5. The van der Waals surface area contributed by atoms with Crippen LogP contribution in [0.4, 0.5) is 0 Å². The van der Waals surface area contributed by atoms with E-state index in [0.29, 0.717) is 17.5 Å². The number of hydrogen-bond acceptors (Lipinski definition) is 12. The fraction of sp³-hybridized carbons (Fsp3) is 0.586. The van der Waals surface area contributed by atoms with Gasteiger partial charge in [0.2, 0.25) is 5.91 Å². The van der Waals surface area contributed by atoms with E-state index in [2.05, 4.69) is 22.4 Å². The van der Waals surface area contributed by atoms with Crippen molar-refractivity contribution in [3.63, 3.8) is 0 Å². The Kier molecular flexibility index (Phi) is 12.8. The zero-order valence-corrected chi connectivity index (χ0v) is 26.2. The lowest BCUT2D eigenvalue weighted by molar-refractivity contribution is -0.211. The van der Waals surface area contributed by atoms with Crippen LogP contribution in [0.25, 0.3) is 0 Å². The number of carbonyl (C=O) groups is 4. The van der Waals surface area contributed by atoms with Crippen molar-refractivity contribution in [3.05, 3.63) is 35.7 Å². The molecule has 1 amide bonds. The van der Waals surface area contributed by atoms with Gasteiger partial charge in [-0.3, -0.25) is 19.2 Å². The van der Waals surface area contributed by atoms with E-state index >= 15 is 0 Å². The normalized spacial score (nSPS) is 21.5. The molecule has 1 aromatic heterocycles. The van der Waals surface area contributed by atoms with E-state index < -0.39 is 53.6 Å². The zero-order valence-electron chi connectivity index (χ0n) is 25.4. The van der Waals surface area contributed by atoms with Crippen LogP contribution in [0.1, 0.15) is 65.3 Å². The van der Waals surface area contributed by atoms with E-state index in [-0.39, 0.29) is 13.2 Å². The molecule has 1 saturated heterocycles. The van der Waals surface area contributed by atoms with E-state index in [4.69, 9.17) is 23.7 Å². The van der Waals surface area contributed by atoms with Gasteiger partial charge in [-0.05, 0) is 25.0 Å². The highest BCUT2D eigenvalue weighted by molar-refractivity contribution is 7.99. The van der Waals surface area contributed by atoms with Gasteiger partial charge < -0.3 is 33.6 Å². The smallest absolute Gasteiger partial charge is 0.303 e. The van der Waals surface area contributed by atoms with E-state index in [1.54, 1.807) is 0 Å². The lowest BCUT2D eigenvalue weighted by Crippen LogP contribution is -2.65. The molecular weight excluding hydrogens is 580 g/mol. The maximum atomic E-state index is 12.3. The molecule has 1 aliphatic heterocycles. The molecule has 43 heavy (non-hydrogen) atoms. The molecule has 0 spiro atoms. The van der Waals surface area contributed by atoms with Gasteiger partial charge in [0.25, 0.3) is 0 Å². The highest BCUT2D eigenvalue weighted by Crippen LogP contribution is 2.36. The van der Waals surface area contributed by atoms with Gasteiger partial charge in [0.15, 0.2) is 23.2 Å². The largest absolute Gasteiger partial charge is 0.485 e. The van der Waals surface area contributed by atoms with Crippen LogP contribution in [0.5, 0.6) is 5.75 Å². The Morgan fingerprint density at radius 1 is 0.977 bits per heavy atom. The van der Waals surface area contributed by atoms with Gasteiger partial charge >= 0.3 is 17.9 Å². The number of aromatic nitrogens is 3. The first kappa shape index (κ1) is 33.8. The number of thioether (sulfide) groups is 1. The molecule has 0 aliphatic carbocycles. The topological polar surface area (TPSA) is 157 Å². The molecule has 3 rings (SSSR count). The number of benzene rings is 1. The number of para-hydroxylation sites is 1. The fourth-order valence-corrected chi connectivity index (χ4v) is 5.80.